The molecule has 0 radical (unpaired) electrons. The van der Waals surface area contributed by atoms with Crippen molar-refractivity contribution in [1.29, 1.82) is 5.41 Å². The quantitative estimate of drug-likeness (QED) is 0.0388. The predicted molar refractivity (Wildman–Crippen MR) is 220 cm³/mol. The molecule has 1 fully saturated rings. The molecule has 1 aliphatic heterocycles. The van der Waals surface area contributed by atoms with E-state index < -0.39 is 89.6 Å². The minimum atomic E-state index is -1.25. The number of amides is 6. The number of likely N-dealkylation sites (tertiary alicyclic amines) is 1. The summed E-state index contributed by atoms with van der Waals surface area (Å²) in [6.45, 7) is 12.7. The fourth-order valence-corrected chi connectivity index (χ4v) is 6.71. The number of nitrogens with zero attached hydrogens (tertiary/aromatic N) is 1. The number of guanidine groups is 1. The van der Waals surface area contributed by atoms with Crippen LogP contribution in [0.1, 0.15) is 92.6 Å². The van der Waals surface area contributed by atoms with Gasteiger partial charge in [-0.1, -0.05) is 53.7 Å². The second kappa shape index (κ2) is 23.8. The van der Waals surface area contributed by atoms with Crippen LogP contribution in [0, 0.1) is 23.2 Å². The highest BCUT2D eigenvalue weighted by Gasteiger charge is 2.39. The van der Waals surface area contributed by atoms with Crippen molar-refractivity contribution >= 4 is 47.4 Å². The Bertz CT molecular complexity index is 1620. The molecule has 1 heterocycles. The highest BCUT2D eigenvalue weighted by molar-refractivity contribution is 5.97. The zero-order valence-corrected chi connectivity index (χ0v) is 35.3. The number of carbonyl (C=O) groups is 7. The van der Waals surface area contributed by atoms with Gasteiger partial charge in [0.1, 0.15) is 42.0 Å². The number of nitrogens with one attached hydrogen (secondary N) is 7. The molecule has 1 aromatic carbocycles. The number of carboxylic acid groups (broad SMARTS) is 1. The Morgan fingerprint density at radius 2 is 1.37 bits per heavy atom. The van der Waals surface area contributed by atoms with Gasteiger partial charge in [-0.05, 0) is 80.9 Å². The van der Waals surface area contributed by atoms with Crippen LogP contribution in [0.3, 0.4) is 0 Å². The highest BCUT2D eigenvalue weighted by atomic mass is 16.4. The third-order valence-corrected chi connectivity index (χ3v) is 9.83. The molecule has 2 rings (SSSR count). The van der Waals surface area contributed by atoms with Crippen molar-refractivity contribution < 1.29 is 43.8 Å². The van der Waals surface area contributed by atoms with Crippen LogP contribution in [0.4, 0.5) is 0 Å². The van der Waals surface area contributed by atoms with Gasteiger partial charge in [0.2, 0.25) is 35.4 Å². The van der Waals surface area contributed by atoms with E-state index in [-0.39, 0.29) is 62.3 Å². The third kappa shape index (κ3) is 16.7. The molecule has 1 aliphatic rings. The molecule has 0 aromatic heterocycles. The zero-order chi connectivity index (χ0) is 44.6. The molecule has 0 unspecified atom stereocenters. The van der Waals surface area contributed by atoms with Crippen LogP contribution in [0.25, 0.3) is 0 Å². The number of hydrogen-bond donors (Lipinski definition) is 11. The Balaban J connectivity index is 2.24. The Labute approximate surface area is 346 Å². The number of aromatic hydroxyl groups is 1. The molecule has 6 amide bonds. The summed E-state index contributed by atoms with van der Waals surface area (Å²) in [5, 5.41) is 42.8. The predicted octanol–water partition coefficient (Wildman–Crippen LogP) is -0.207. The molecular weight excluding hydrogens is 765 g/mol. The van der Waals surface area contributed by atoms with Gasteiger partial charge in [-0.15, -0.1) is 0 Å². The van der Waals surface area contributed by atoms with Crippen LogP contribution in [-0.4, -0.2) is 118 Å². The molecule has 19 heteroatoms. The van der Waals surface area contributed by atoms with Crippen molar-refractivity contribution in [3.8, 4) is 5.75 Å². The van der Waals surface area contributed by atoms with Crippen LogP contribution in [-0.2, 0) is 40.0 Å². The first-order valence-electron chi connectivity index (χ1n) is 20.3. The van der Waals surface area contributed by atoms with Crippen LogP contribution in [0.5, 0.6) is 5.75 Å². The standard InChI is InChI=1S/C40H66N10O9/c1-21(2)18-27(41)33(52)46-28(10-8-16-44-40(42)43)34(53)45-24(7)38(57)50-17-9-11-31(50)37(56)48-29(19-22(3)4)35(54)47-30(20-25-12-14-26(51)15-13-25)36(55)49-32(23(5)6)39(58)59/h12-15,21-24,27-32,51H,8-11,16-20,41H2,1-7H3,(H,45,53)(H,46,52)(H,47,54)(H,48,56)(H,49,55)(H,58,59)(H4,42,43,44)/t24-,27-,28-,29-,30-,31-,32-/m0/s1. The molecular formula is C40H66N10O9. The van der Waals surface area contributed by atoms with Gasteiger partial charge in [0, 0.05) is 19.5 Å². The number of carbonyl (C=O) groups excluding carboxylic acids is 6. The first kappa shape index (κ1) is 49.7. The Morgan fingerprint density at radius 1 is 0.797 bits per heavy atom. The topological polar surface area (TPSA) is 311 Å². The van der Waals surface area contributed by atoms with Gasteiger partial charge in [0.15, 0.2) is 5.96 Å². The van der Waals surface area contributed by atoms with E-state index in [2.05, 4.69) is 31.9 Å². The lowest BCUT2D eigenvalue weighted by Gasteiger charge is -2.30. The normalized spacial score (nSPS) is 16.9. The number of phenols is 1. The largest absolute Gasteiger partial charge is 0.508 e. The molecule has 0 saturated carbocycles. The average molecular weight is 831 g/mol. The van der Waals surface area contributed by atoms with Gasteiger partial charge < -0.3 is 58.5 Å². The number of benzene rings is 1. The summed E-state index contributed by atoms with van der Waals surface area (Å²) < 4.78 is 0. The molecule has 7 atom stereocenters. The second-order valence-corrected chi connectivity index (χ2v) is 16.4. The minimum Gasteiger partial charge on any atom is -0.508 e. The van der Waals surface area contributed by atoms with E-state index >= 15 is 0 Å². The van der Waals surface area contributed by atoms with Gasteiger partial charge in [-0.2, -0.15) is 0 Å². The monoisotopic (exact) mass is 831 g/mol. The van der Waals surface area contributed by atoms with Gasteiger partial charge in [-0.25, -0.2) is 4.79 Å². The van der Waals surface area contributed by atoms with Gasteiger partial charge in [0.05, 0.1) is 6.04 Å². The first-order chi connectivity index (χ1) is 27.6. The van der Waals surface area contributed by atoms with E-state index in [9.17, 15) is 43.8 Å². The van der Waals surface area contributed by atoms with Crippen LogP contribution in [0.15, 0.2) is 24.3 Å². The number of rotatable bonds is 23. The van der Waals surface area contributed by atoms with Gasteiger partial charge >= 0.3 is 5.97 Å². The molecule has 19 nitrogen and oxygen atoms in total. The summed E-state index contributed by atoms with van der Waals surface area (Å²) in [5.41, 5.74) is 12.0. The van der Waals surface area contributed by atoms with E-state index in [4.69, 9.17) is 16.9 Å². The molecule has 0 spiro atoms. The van der Waals surface area contributed by atoms with E-state index in [0.717, 1.165) is 0 Å². The Hall–Kier alpha value is -5.46. The second-order valence-electron chi connectivity index (χ2n) is 16.4. The fourth-order valence-electron chi connectivity index (χ4n) is 6.71. The highest BCUT2D eigenvalue weighted by Crippen LogP contribution is 2.20. The number of carboxylic acids is 1. The van der Waals surface area contributed by atoms with E-state index in [1.165, 1.54) is 24.0 Å². The summed E-state index contributed by atoms with van der Waals surface area (Å²) in [7, 11) is 0. The maximum Gasteiger partial charge on any atom is 0.326 e. The van der Waals surface area contributed by atoms with E-state index in [1.807, 2.05) is 27.7 Å². The lowest BCUT2D eigenvalue weighted by atomic mass is 9.99. The molecule has 0 bridgehead atoms. The SMILES string of the molecule is CC(C)C[C@H](NC(=O)[C@@H]1CCCN1C(=O)[C@H](C)NC(=O)[C@H](CCCNC(=N)N)NC(=O)[C@@H](N)CC(C)C)C(=O)N[C@@H](Cc1ccc(O)cc1)C(=O)N[C@H](C(=O)O)C(C)C. The van der Waals surface area contributed by atoms with E-state index in [0.29, 0.717) is 24.8 Å². The molecule has 330 valence electrons. The van der Waals surface area contributed by atoms with Crippen molar-refractivity contribution in [2.75, 3.05) is 13.1 Å². The Kier molecular flexibility index (Phi) is 20.1. The van der Waals surface area contributed by atoms with Crippen molar-refractivity contribution in [1.82, 2.24) is 36.8 Å². The Morgan fingerprint density at radius 3 is 1.93 bits per heavy atom. The molecule has 1 saturated heterocycles. The summed E-state index contributed by atoms with van der Waals surface area (Å²) in [5.74, 6) is -5.71. The fraction of sp³-hybridized carbons (Fsp3) is 0.650. The minimum absolute atomic E-state index is 0.00824. The third-order valence-electron chi connectivity index (χ3n) is 9.83. The van der Waals surface area contributed by atoms with Gasteiger partial charge in [0.25, 0.3) is 0 Å². The summed E-state index contributed by atoms with van der Waals surface area (Å²) in [4.78, 5) is 94.7. The summed E-state index contributed by atoms with van der Waals surface area (Å²) in [6.07, 6.45) is 1.75. The van der Waals surface area contributed by atoms with Crippen LogP contribution >= 0.6 is 0 Å². The summed E-state index contributed by atoms with van der Waals surface area (Å²) in [6, 6.07) is -1.67. The van der Waals surface area contributed by atoms with E-state index in [1.54, 1.807) is 26.0 Å². The lowest BCUT2D eigenvalue weighted by molar-refractivity contribution is -0.143. The number of hydrogen-bond acceptors (Lipinski definition) is 10. The number of phenolic OH excluding ortho intramolecular Hbond substituents is 1. The number of nitrogens with two attached hydrogens (primary N) is 2. The van der Waals surface area contributed by atoms with Gasteiger partial charge in [-0.3, -0.25) is 34.2 Å². The molecule has 0 aliphatic carbocycles. The van der Waals surface area contributed by atoms with Crippen LogP contribution < -0.4 is 43.4 Å². The average Bonchev–Trinajstić information content (AvgIpc) is 3.64. The molecule has 13 N–H and O–H groups in total. The maximum atomic E-state index is 13.9. The maximum absolute atomic E-state index is 13.9. The lowest BCUT2D eigenvalue weighted by Crippen LogP contribution is -2.59. The van der Waals surface area contributed by atoms with Crippen molar-refractivity contribution in [2.45, 2.75) is 136 Å². The zero-order valence-electron chi connectivity index (χ0n) is 35.3. The smallest absolute Gasteiger partial charge is 0.326 e. The first-order valence-corrected chi connectivity index (χ1v) is 20.3. The molecule has 1 aromatic rings. The number of aliphatic carboxylic acids is 1. The molecule has 59 heavy (non-hydrogen) atoms. The van der Waals surface area contributed by atoms with Crippen molar-refractivity contribution in [3.05, 3.63) is 29.8 Å². The summed E-state index contributed by atoms with van der Waals surface area (Å²) >= 11 is 0. The van der Waals surface area contributed by atoms with Crippen molar-refractivity contribution in [2.24, 2.45) is 29.2 Å². The van der Waals surface area contributed by atoms with Crippen LogP contribution in [0.2, 0.25) is 0 Å². The van der Waals surface area contributed by atoms with Crippen molar-refractivity contribution in [3.63, 3.8) is 0 Å².